The zero-order valence-electron chi connectivity index (χ0n) is 21.2. The summed E-state index contributed by atoms with van der Waals surface area (Å²) in [4.78, 5) is 2.50. The molecule has 0 atom stereocenters. The molecule has 0 saturated carbocycles. The highest BCUT2D eigenvalue weighted by Crippen LogP contribution is 2.37. The van der Waals surface area contributed by atoms with Gasteiger partial charge >= 0.3 is 0 Å². The fraction of sp³-hybridized carbons (Fsp3) is 0.312. The minimum atomic E-state index is 0.172. The van der Waals surface area contributed by atoms with E-state index in [9.17, 15) is 5.11 Å². The minimum absolute atomic E-state index is 0.172. The molecular weight excluding hydrogens is 444 g/mol. The highest BCUT2D eigenvalue weighted by molar-refractivity contribution is 6.00. The van der Waals surface area contributed by atoms with Gasteiger partial charge in [-0.3, -0.25) is 0 Å². The number of piperazine rings is 1. The van der Waals surface area contributed by atoms with E-state index in [1.54, 1.807) is 0 Å². The Balaban J connectivity index is 1.55. The van der Waals surface area contributed by atoms with Crippen molar-refractivity contribution < 1.29 is 9.52 Å². The molecule has 0 amide bonds. The Morgan fingerprint density at radius 1 is 0.889 bits per heavy atom. The molecule has 5 rings (SSSR count). The van der Waals surface area contributed by atoms with Crippen LogP contribution in [0.25, 0.3) is 22.1 Å². The topological polar surface area (TPSA) is 48.6 Å². The van der Waals surface area contributed by atoms with Crippen molar-refractivity contribution >= 4 is 22.1 Å². The second-order valence-electron chi connectivity index (χ2n) is 9.72. The summed E-state index contributed by atoms with van der Waals surface area (Å²) in [6.07, 6.45) is 2.45. The Morgan fingerprint density at radius 3 is 2.39 bits per heavy atom. The lowest BCUT2D eigenvalue weighted by Crippen LogP contribution is -2.44. The Morgan fingerprint density at radius 2 is 1.64 bits per heavy atom. The molecule has 1 saturated heterocycles. The first-order valence-corrected chi connectivity index (χ1v) is 13.1. The van der Waals surface area contributed by atoms with Crippen LogP contribution in [-0.2, 0) is 6.42 Å². The maximum Gasteiger partial charge on any atom is 0.134 e. The second kappa shape index (κ2) is 11.7. The number of nitrogens with one attached hydrogen (secondary N) is 1. The van der Waals surface area contributed by atoms with Gasteiger partial charge in [-0.15, -0.1) is 0 Å². The van der Waals surface area contributed by atoms with Crippen LogP contribution in [0.15, 0.2) is 83.3 Å². The van der Waals surface area contributed by atoms with Crippen LogP contribution in [-0.4, -0.2) is 49.3 Å². The van der Waals surface area contributed by atoms with E-state index in [1.165, 1.54) is 27.8 Å². The highest BCUT2D eigenvalue weighted by Gasteiger charge is 2.16. The fourth-order valence-electron chi connectivity index (χ4n) is 5.11. The van der Waals surface area contributed by atoms with E-state index in [-0.39, 0.29) is 6.61 Å². The van der Waals surface area contributed by atoms with Gasteiger partial charge in [0.05, 0.1) is 0 Å². The van der Waals surface area contributed by atoms with E-state index in [0.717, 1.165) is 74.3 Å². The molecule has 1 aromatic heterocycles. The van der Waals surface area contributed by atoms with Crippen molar-refractivity contribution in [3.63, 3.8) is 0 Å². The molecule has 1 aliphatic heterocycles. The lowest BCUT2D eigenvalue weighted by atomic mass is 9.87. The molecule has 36 heavy (non-hydrogen) atoms. The summed E-state index contributed by atoms with van der Waals surface area (Å²) in [5.74, 6) is 1.05. The van der Waals surface area contributed by atoms with E-state index >= 15 is 0 Å². The van der Waals surface area contributed by atoms with E-state index in [0.29, 0.717) is 0 Å². The number of nitrogens with zero attached hydrogens (tertiary/aromatic N) is 1. The summed E-state index contributed by atoms with van der Waals surface area (Å²) in [5.41, 5.74) is 8.15. The number of aryl methyl sites for hydroxylation is 1. The van der Waals surface area contributed by atoms with Gasteiger partial charge in [0.2, 0.25) is 0 Å². The molecule has 4 heteroatoms. The van der Waals surface area contributed by atoms with E-state index in [2.05, 4.69) is 96.0 Å². The summed E-state index contributed by atoms with van der Waals surface area (Å²) >= 11 is 0. The number of hydrogen-bond acceptors (Lipinski definition) is 4. The van der Waals surface area contributed by atoms with Crippen LogP contribution in [0.4, 0.5) is 0 Å². The van der Waals surface area contributed by atoms with Crippen molar-refractivity contribution in [2.75, 3.05) is 39.3 Å². The zero-order valence-corrected chi connectivity index (χ0v) is 21.2. The summed E-state index contributed by atoms with van der Waals surface area (Å²) in [6, 6.07) is 28.1. The molecule has 0 bridgehead atoms. The largest absolute Gasteiger partial charge is 0.461 e. The van der Waals surface area contributed by atoms with E-state index in [4.69, 9.17) is 4.42 Å². The predicted molar refractivity (Wildman–Crippen MR) is 149 cm³/mol. The summed E-state index contributed by atoms with van der Waals surface area (Å²) in [6.45, 7) is 7.66. The molecule has 0 aliphatic carbocycles. The van der Waals surface area contributed by atoms with Gasteiger partial charge in [-0.25, -0.2) is 0 Å². The molecule has 4 aromatic rings. The SMILES string of the molecule is Cc1ccc(/C(=C(\CCCO)c2ccccc2)c2ccc3cc(CCN4CCNCC4)oc3c2)cc1. The monoisotopic (exact) mass is 480 g/mol. The molecule has 1 aliphatic rings. The molecule has 1 fully saturated rings. The van der Waals surface area contributed by atoms with Crippen molar-refractivity contribution in [1.29, 1.82) is 0 Å². The first-order chi connectivity index (χ1) is 17.7. The Labute approximate surface area is 214 Å². The fourth-order valence-corrected chi connectivity index (χ4v) is 5.11. The molecule has 2 N–H and O–H groups in total. The van der Waals surface area contributed by atoms with Gasteiger partial charge < -0.3 is 19.7 Å². The maximum atomic E-state index is 9.67. The van der Waals surface area contributed by atoms with Gasteiger partial charge in [0.25, 0.3) is 0 Å². The van der Waals surface area contributed by atoms with Crippen molar-refractivity contribution in [2.24, 2.45) is 0 Å². The Bertz CT molecular complexity index is 1300. The van der Waals surface area contributed by atoms with Gasteiger partial charge in [-0.05, 0) is 59.7 Å². The quantitative estimate of drug-likeness (QED) is 0.292. The number of allylic oxidation sites excluding steroid dienone is 1. The number of aliphatic hydroxyl groups is 1. The lowest BCUT2D eigenvalue weighted by molar-refractivity contribution is 0.239. The predicted octanol–water partition coefficient (Wildman–Crippen LogP) is 5.92. The molecule has 0 radical (unpaired) electrons. The van der Waals surface area contributed by atoms with Crippen LogP contribution in [0, 0.1) is 6.92 Å². The van der Waals surface area contributed by atoms with Crippen molar-refractivity contribution in [2.45, 2.75) is 26.2 Å². The molecule has 0 spiro atoms. The van der Waals surface area contributed by atoms with Crippen LogP contribution in [0.2, 0.25) is 0 Å². The highest BCUT2D eigenvalue weighted by atomic mass is 16.3. The number of rotatable bonds is 9. The zero-order chi connectivity index (χ0) is 24.7. The summed E-state index contributed by atoms with van der Waals surface area (Å²) in [7, 11) is 0. The van der Waals surface area contributed by atoms with Crippen LogP contribution in [0.5, 0.6) is 0 Å². The van der Waals surface area contributed by atoms with Gasteiger partial charge in [-0.1, -0.05) is 72.3 Å². The lowest BCUT2D eigenvalue weighted by Gasteiger charge is -2.26. The Kier molecular flexibility index (Phi) is 7.97. The number of furan rings is 1. The first kappa shape index (κ1) is 24.5. The third-order valence-corrected chi connectivity index (χ3v) is 7.09. The van der Waals surface area contributed by atoms with Crippen molar-refractivity contribution in [3.8, 4) is 0 Å². The Hall–Kier alpha value is -3.18. The molecular formula is C32H36N2O2. The number of aliphatic hydroxyl groups excluding tert-OH is 1. The van der Waals surface area contributed by atoms with Gasteiger partial charge in [-0.2, -0.15) is 0 Å². The maximum absolute atomic E-state index is 9.67. The molecule has 0 unspecified atom stereocenters. The minimum Gasteiger partial charge on any atom is -0.461 e. The molecule has 186 valence electrons. The van der Waals surface area contributed by atoms with Crippen molar-refractivity contribution in [3.05, 3.63) is 107 Å². The summed E-state index contributed by atoms with van der Waals surface area (Å²) in [5, 5.41) is 14.2. The van der Waals surface area contributed by atoms with Crippen LogP contribution in [0.1, 0.15) is 40.9 Å². The summed E-state index contributed by atoms with van der Waals surface area (Å²) < 4.78 is 6.37. The third kappa shape index (κ3) is 5.79. The normalized spacial score (nSPS) is 15.3. The number of hydrogen-bond donors (Lipinski definition) is 2. The number of benzene rings is 3. The van der Waals surface area contributed by atoms with Crippen molar-refractivity contribution in [1.82, 2.24) is 10.2 Å². The standard InChI is InChI=1S/C32H36N2O2/c1-24-9-11-26(12-10-24)32(30(8-5-21-35)25-6-3-2-4-7-25)28-14-13-27-22-29(36-31(27)23-28)15-18-34-19-16-33-17-20-34/h2-4,6-7,9-14,22-23,33,35H,5,8,15-21H2,1H3/b32-30-. The second-order valence-corrected chi connectivity index (χ2v) is 9.72. The van der Waals surface area contributed by atoms with E-state index in [1.807, 2.05) is 0 Å². The third-order valence-electron chi connectivity index (χ3n) is 7.09. The average Bonchev–Trinajstić information content (AvgIpc) is 3.34. The molecule has 4 nitrogen and oxygen atoms in total. The van der Waals surface area contributed by atoms with E-state index < -0.39 is 0 Å². The average molecular weight is 481 g/mol. The molecule has 2 heterocycles. The smallest absolute Gasteiger partial charge is 0.134 e. The van der Waals surface area contributed by atoms with Crippen LogP contribution < -0.4 is 5.32 Å². The van der Waals surface area contributed by atoms with Crippen LogP contribution >= 0.6 is 0 Å². The van der Waals surface area contributed by atoms with Gasteiger partial charge in [0, 0.05) is 51.1 Å². The number of fused-ring (bicyclic) bond motifs is 1. The molecule has 3 aromatic carbocycles. The van der Waals surface area contributed by atoms with Gasteiger partial charge in [0.15, 0.2) is 0 Å². The van der Waals surface area contributed by atoms with Crippen LogP contribution in [0.3, 0.4) is 0 Å². The van der Waals surface area contributed by atoms with Gasteiger partial charge in [0.1, 0.15) is 11.3 Å². The first-order valence-electron chi connectivity index (χ1n) is 13.1.